The highest BCUT2D eigenvalue weighted by Crippen LogP contribution is 2.25. The Balaban J connectivity index is 0.000000153. The van der Waals surface area contributed by atoms with E-state index in [1.54, 1.807) is 98.2 Å². The monoisotopic (exact) mass is 817 g/mol. The zero-order valence-corrected chi connectivity index (χ0v) is 32.8. The van der Waals surface area contributed by atoms with E-state index in [0.717, 1.165) is 15.9 Å². The van der Waals surface area contributed by atoms with E-state index in [9.17, 15) is 14.4 Å². The molecule has 0 spiro atoms. The van der Waals surface area contributed by atoms with Crippen molar-refractivity contribution in [3.05, 3.63) is 176 Å². The number of aryl methyl sites for hydroxylation is 1. The molecular weight excluding hydrogens is 785 g/mol. The number of nitrogens with one attached hydrogen (secondary N) is 1. The minimum Gasteiger partial charge on any atom is -0.461 e. The molecule has 0 unspecified atom stereocenters. The first-order chi connectivity index (χ1) is 27.7. The fraction of sp³-hybridized carbons (Fsp3) is 0.0714. The Morgan fingerprint density at radius 2 is 1.51 bits per heavy atom. The van der Waals surface area contributed by atoms with Crippen LogP contribution in [0.2, 0.25) is 10.0 Å². The van der Waals surface area contributed by atoms with Crippen molar-refractivity contribution in [1.82, 2.24) is 34.9 Å². The second kappa shape index (κ2) is 19.3. The average molecular weight is 819 g/mol. The lowest BCUT2D eigenvalue weighted by Crippen LogP contribution is -2.20. The molecule has 12 nitrogen and oxygen atoms in total. The summed E-state index contributed by atoms with van der Waals surface area (Å²) in [5.74, 6) is -0.722. The number of carbonyl (C=O) groups excluding carboxylic acids is 3. The summed E-state index contributed by atoms with van der Waals surface area (Å²) < 4.78 is 12.6. The van der Waals surface area contributed by atoms with Gasteiger partial charge in [0, 0.05) is 50.1 Å². The molecule has 0 aliphatic rings. The number of hydrogen-bond acceptors (Lipinski definition) is 10. The molecular formula is C42H33Cl2N7O5S. The van der Waals surface area contributed by atoms with Crippen LogP contribution in [0.25, 0.3) is 34.9 Å². The maximum Gasteiger partial charge on any atom is 0.357 e. The van der Waals surface area contributed by atoms with Gasteiger partial charge in [0.15, 0.2) is 11.5 Å². The molecule has 286 valence electrons. The molecule has 8 rings (SSSR count). The highest BCUT2D eigenvalue weighted by atomic mass is 35.5. The average Bonchev–Trinajstić information content (AvgIpc) is 4.09. The molecule has 15 heteroatoms. The van der Waals surface area contributed by atoms with Crippen LogP contribution in [0, 0.1) is 6.92 Å². The Morgan fingerprint density at radius 3 is 2.14 bits per heavy atom. The smallest absolute Gasteiger partial charge is 0.357 e. The number of ether oxygens (including phenoxy) is 1. The number of thiophene rings is 1. The topological polar surface area (TPSA) is 151 Å². The van der Waals surface area contributed by atoms with Gasteiger partial charge in [0.25, 0.3) is 11.8 Å². The lowest BCUT2D eigenvalue weighted by molar-refractivity contribution is 0.0507. The molecule has 5 heterocycles. The van der Waals surface area contributed by atoms with Crippen molar-refractivity contribution in [2.75, 3.05) is 6.61 Å². The number of H-pyrrole nitrogens is 1. The number of benzene rings is 3. The number of carbonyl (C=O) groups is 3. The van der Waals surface area contributed by atoms with Crippen LogP contribution in [-0.4, -0.2) is 59.3 Å². The highest BCUT2D eigenvalue weighted by molar-refractivity contribution is 7.10. The molecule has 57 heavy (non-hydrogen) atoms. The van der Waals surface area contributed by atoms with Gasteiger partial charge in [-0.1, -0.05) is 64.8 Å². The Labute approximate surface area is 340 Å². The third kappa shape index (κ3) is 10.8. The van der Waals surface area contributed by atoms with Gasteiger partial charge in [0.1, 0.15) is 11.4 Å². The predicted molar refractivity (Wildman–Crippen MR) is 220 cm³/mol. The van der Waals surface area contributed by atoms with Gasteiger partial charge < -0.3 is 9.26 Å². The van der Waals surface area contributed by atoms with Crippen LogP contribution in [0.3, 0.4) is 0 Å². The molecule has 0 aliphatic carbocycles. The van der Waals surface area contributed by atoms with Crippen LogP contribution in [0.1, 0.15) is 54.4 Å². The van der Waals surface area contributed by atoms with Gasteiger partial charge in [-0.05, 0) is 104 Å². The second-order valence-electron chi connectivity index (χ2n) is 11.9. The Hall–Kier alpha value is -6.67. The Bertz CT molecular complexity index is 2520. The molecule has 8 aromatic rings. The fourth-order valence-electron chi connectivity index (χ4n) is 5.07. The molecule has 0 fully saturated rings. The molecule has 0 saturated carbocycles. The van der Waals surface area contributed by atoms with E-state index in [4.69, 9.17) is 32.5 Å². The van der Waals surface area contributed by atoms with Gasteiger partial charge in [-0.25, -0.2) is 9.48 Å². The molecule has 0 atom stereocenters. The summed E-state index contributed by atoms with van der Waals surface area (Å²) >= 11 is 13.4. The summed E-state index contributed by atoms with van der Waals surface area (Å²) in [6.45, 7) is 3.64. The van der Waals surface area contributed by atoms with E-state index in [0.29, 0.717) is 44.0 Å². The number of esters is 1. The van der Waals surface area contributed by atoms with E-state index in [2.05, 4.69) is 43.1 Å². The third-order valence-electron chi connectivity index (χ3n) is 7.81. The Kier molecular flexibility index (Phi) is 13.5. The van der Waals surface area contributed by atoms with Crippen molar-refractivity contribution in [3.63, 3.8) is 0 Å². The first kappa shape index (κ1) is 40.0. The van der Waals surface area contributed by atoms with Crippen molar-refractivity contribution in [2.45, 2.75) is 13.8 Å². The van der Waals surface area contributed by atoms with Gasteiger partial charge in [0.05, 0.1) is 18.0 Å². The number of rotatable bonds is 8. The number of nitrogens with zero attached hydrogens (tertiary/aromatic N) is 6. The van der Waals surface area contributed by atoms with Crippen LogP contribution in [0.4, 0.5) is 0 Å². The third-order valence-corrected chi connectivity index (χ3v) is 9.15. The minimum atomic E-state index is -0.574. The maximum absolute atomic E-state index is 12.4. The summed E-state index contributed by atoms with van der Waals surface area (Å²) in [7, 11) is 0. The SMILES string of the molecule is C(=Cc1cccs1)c1ccn[nH]1.CCOC(=O)c1cc(C)nn1C(=O)c1ccc(Cl)cc1.O=C(c1ccc(Cl)cc1)n1ccc(-c2cc(-c3ccccc3)no2)n1. The van der Waals surface area contributed by atoms with Crippen molar-refractivity contribution >= 4 is 64.5 Å². The predicted octanol–water partition coefficient (Wildman–Crippen LogP) is 9.90. The van der Waals surface area contributed by atoms with Gasteiger partial charge in [-0.2, -0.15) is 20.0 Å². The first-order valence-electron chi connectivity index (χ1n) is 17.3. The molecule has 5 aromatic heterocycles. The van der Waals surface area contributed by atoms with Crippen LogP contribution in [0.15, 0.2) is 138 Å². The lowest BCUT2D eigenvalue weighted by atomic mass is 10.1. The van der Waals surface area contributed by atoms with Crippen LogP contribution in [0.5, 0.6) is 0 Å². The van der Waals surface area contributed by atoms with Gasteiger partial charge >= 0.3 is 5.97 Å². The molecule has 0 saturated heterocycles. The van der Waals surface area contributed by atoms with Crippen molar-refractivity contribution in [2.24, 2.45) is 0 Å². The summed E-state index contributed by atoms with van der Waals surface area (Å²) in [6, 6.07) is 33.8. The molecule has 0 aliphatic heterocycles. The zero-order chi connectivity index (χ0) is 40.1. The number of aromatic amines is 1. The van der Waals surface area contributed by atoms with Crippen LogP contribution in [-0.2, 0) is 4.74 Å². The summed E-state index contributed by atoms with van der Waals surface area (Å²) in [5, 5.41) is 22.3. The van der Waals surface area contributed by atoms with Crippen LogP contribution < -0.4 is 0 Å². The largest absolute Gasteiger partial charge is 0.461 e. The number of aromatic nitrogens is 7. The van der Waals surface area contributed by atoms with E-state index in [-0.39, 0.29) is 18.2 Å². The summed E-state index contributed by atoms with van der Waals surface area (Å²) in [6.07, 6.45) is 7.42. The summed E-state index contributed by atoms with van der Waals surface area (Å²) in [4.78, 5) is 37.9. The number of hydrogen-bond donors (Lipinski definition) is 1. The van der Waals surface area contributed by atoms with Gasteiger partial charge in [0.2, 0.25) is 0 Å². The van der Waals surface area contributed by atoms with E-state index < -0.39 is 11.9 Å². The molecule has 0 amide bonds. The molecule has 0 bridgehead atoms. The van der Waals surface area contributed by atoms with E-state index >= 15 is 0 Å². The maximum atomic E-state index is 12.4. The van der Waals surface area contributed by atoms with E-state index in [1.165, 1.54) is 15.6 Å². The molecule has 1 N–H and O–H groups in total. The van der Waals surface area contributed by atoms with Crippen LogP contribution >= 0.6 is 34.5 Å². The van der Waals surface area contributed by atoms with Crippen molar-refractivity contribution in [3.8, 4) is 22.7 Å². The lowest BCUT2D eigenvalue weighted by Gasteiger charge is -2.05. The van der Waals surface area contributed by atoms with Gasteiger partial charge in [-0.3, -0.25) is 14.7 Å². The minimum absolute atomic E-state index is 0.115. The zero-order valence-electron chi connectivity index (χ0n) is 30.5. The fourth-order valence-corrected chi connectivity index (χ4v) is 5.94. The first-order valence-corrected chi connectivity index (χ1v) is 19.0. The van der Waals surface area contributed by atoms with Crippen molar-refractivity contribution < 1.29 is 23.6 Å². The normalized spacial score (nSPS) is 10.7. The number of halogens is 2. The Morgan fingerprint density at radius 1 is 0.807 bits per heavy atom. The van der Waals surface area contributed by atoms with Crippen molar-refractivity contribution in [1.29, 1.82) is 0 Å². The standard InChI is InChI=1S/C19H12ClN3O2.C14H13ClN2O3.C9H8N2S/c20-15-8-6-14(7-9-15)19(24)23-11-10-16(21-23)18-12-17(22-25-18)13-4-2-1-3-5-13;1-3-20-14(19)12-8-9(2)16-17(12)13(18)10-4-6-11(15)7-5-10;1-2-9(12-7-1)4-3-8-5-6-10-11-8/h1-12H;4-8H,3H2,1-2H3;1-7H,(H,10,11). The molecule has 0 radical (unpaired) electrons. The second-order valence-corrected chi connectivity index (χ2v) is 13.7. The van der Waals surface area contributed by atoms with E-state index in [1.807, 2.05) is 48.5 Å². The summed E-state index contributed by atoms with van der Waals surface area (Å²) in [5.41, 5.74) is 4.81. The quantitative estimate of drug-likeness (QED) is 0.148. The molecule has 3 aromatic carbocycles. The highest BCUT2D eigenvalue weighted by Gasteiger charge is 2.21. The van der Waals surface area contributed by atoms with Gasteiger partial charge in [-0.15, -0.1) is 11.3 Å².